The first-order valence-electron chi connectivity index (χ1n) is 11.9. The Bertz CT molecular complexity index is 1130. The minimum atomic E-state index is -1.17. The molecule has 37 heavy (non-hydrogen) atoms. The topological polar surface area (TPSA) is 149 Å². The van der Waals surface area contributed by atoms with Crippen LogP contribution in [0.25, 0.3) is 0 Å². The molecule has 1 heterocycles. The van der Waals surface area contributed by atoms with Gasteiger partial charge < -0.3 is 26.4 Å². The number of benzene rings is 2. The van der Waals surface area contributed by atoms with Crippen molar-refractivity contribution in [2.24, 2.45) is 5.73 Å². The van der Waals surface area contributed by atoms with Crippen LogP contribution in [0.3, 0.4) is 0 Å². The van der Waals surface area contributed by atoms with E-state index in [0.29, 0.717) is 13.0 Å². The Balaban J connectivity index is 2.01. The number of nitrogens with zero attached hydrogens (tertiary/aromatic N) is 1. The molecule has 0 aliphatic heterocycles. The lowest BCUT2D eigenvalue weighted by atomic mass is 9.89. The van der Waals surface area contributed by atoms with Gasteiger partial charge in [0.05, 0.1) is 12.5 Å². The second kappa shape index (κ2) is 13.8. The zero-order chi connectivity index (χ0) is 26.6. The molecule has 10 heteroatoms. The lowest BCUT2D eigenvalue weighted by Crippen LogP contribution is -2.51. The van der Waals surface area contributed by atoms with Crippen molar-refractivity contribution in [1.29, 1.82) is 5.41 Å². The Labute approximate surface area is 219 Å². The summed E-state index contributed by atoms with van der Waals surface area (Å²) in [5.74, 6) is -2.83. The summed E-state index contributed by atoms with van der Waals surface area (Å²) < 4.78 is 0. The molecule has 0 radical (unpaired) electrons. The fraction of sp³-hybridized carbons (Fsp3) is 0.259. The standard InChI is InChI=1S/C27H31N5O4S/c28-27(29)30-15-7-14-22(25(35)31-17-23(33)34)32(18-21-13-8-16-37-21)26(36)24(19-9-3-1-4-10-19)20-11-5-2-6-12-20/h1-6,8-13,16,22,24H,7,14-15,17-18H2,(H,31,35)(H,33,34)(H4,28,29,30)/t22-/m1/s1. The third-order valence-corrected chi connectivity index (χ3v) is 6.63. The van der Waals surface area contributed by atoms with E-state index < -0.39 is 30.4 Å². The molecular formula is C27H31N5O4S. The molecule has 3 rings (SSSR count). The molecule has 2 aromatic carbocycles. The van der Waals surface area contributed by atoms with Gasteiger partial charge in [0, 0.05) is 11.4 Å². The van der Waals surface area contributed by atoms with Gasteiger partial charge in [-0.05, 0) is 35.4 Å². The Morgan fingerprint density at radius 1 is 0.946 bits per heavy atom. The summed E-state index contributed by atoms with van der Waals surface area (Å²) in [7, 11) is 0. The van der Waals surface area contributed by atoms with Crippen LogP contribution in [0.5, 0.6) is 0 Å². The SMILES string of the molecule is N=C(N)NCCC[C@H](C(=O)NCC(=O)O)N(Cc1cccs1)C(=O)C(c1ccccc1)c1ccccc1. The summed E-state index contributed by atoms with van der Waals surface area (Å²) in [6, 6.07) is 21.6. The fourth-order valence-electron chi connectivity index (χ4n) is 4.07. The third kappa shape index (κ3) is 8.18. The van der Waals surface area contributed by atoms with E-state index >= 15 is 0 Å². The summed E-state index contributed by atoms with van der Waals surface area (Å²) >= 11 is 1.47. The molecule has 0 bridgehead atoms. The van der Waals surface area contributed by atoms with Crippen molar-refractivity contribution in [3.8, 4) is 0 Å². The number of carbonyl (C=O) groups is 3. The van der Waals surface area contributed by atoms with Crippen LogP contribution in [0.15, 0.2) is 78.2 Å². The molecule has 6 N–H and O–H groups in total. The average molecular weight is 522 g/mol. The van der Waals surface area contributed by atoms with Crippen molar-refractivity contribution >= 4 is 35.1 Å². The average Bonchev–Trinajstić information content (AvgIpc) is 3.41. The van der Waals surface area contributed by atoms with E-state index in [-0.39, 0.29) is 24.8 Å². The highest BCUT2D eigenvalue weighted by atomic mass is 32.1. The molecule has 3 aromatic rings. The Morgan fingerprint density at radius 3 is 2.08 bits per heavy atom. The number of hydrogen-bond acceptors (Lipinski definition) is 5. The van der Waals surface area contributed by atoms with Gasteiger partial charge in [-0.1, -0.05) is 66.7 Å². The molecule has 0 aliphatic carbocycles. The highest BCUT2D eigenvalue weighted by Crippen LogP contribution is 2.30. The molecule has 0 fully saturated rings. The van der Waals surface area contributed by atoms with Crippen LogP contribution < -0.4 is 16.4 Å². The number of guanidine groups is 1. The van der Waals surface area contributed by atoms with Gasteiger partial charge in [0.25, 0.3) is 0 Å². The minimum absolute atomic E-state index is 0.188. The number of carboxylic acids is 1. The molecule has 0 spiro atoms. The minimum Gasteiger partial charge on any atom is -0.480 e. The van der Waals surface area contributed by atoms with Gasteiger partial charge >= 0.3 is 5.97 Å². The molecule has 2 amide bonds. The molecule has 1 atom stereocenters. The maximum Gasteiger partial charge on any atom is 0.322 e. The Kier molecular flexibility index (Phi) is 10.2. The number of nitrogens with one attached hydrogen (secondary N) is 3. The maximum atomic E-state index is 14.4. The van der Waals surface area contributed by atoms with E-state index in [1.807, 2.05) is 78.2 Å². The maximum absolute atomic E-state index is 14.4. The monoisotopic (exact) mass is 521 g/mol. The van der Waals surface area contributed by atoms with E-state index in [2.05, 4.69) is 10.6 Å². The van der Waals surface area contributed by atoms with Crippen LogP contribution in [0, 0.1) is 5.41 Å². The number of nitrogens with two attached hydrogens (primary N) is 1. The molecule has 9 nitrogen and oxygen atoms in total. The molecular weight excluding hydrogens is 490 g/mol. The Morgan fingerprint density at radius 2 is 1.57 bits per heavy atom. The van der Waals surface area contributed by atoms with Gasteiger partial charge in [-0.2, -0.15) is 0 Å². The van der Waals surface area contributed by atoms with E-state index in [1.165, 1.54) is 11.3 Å². The van der Waals surface area contributed by atoms with Crippen LogP contribution in [-0.4, -0.2) is 52.9 Å². The summed E-state index contributed by atoms with van der Waals surface area (Å²) in [5, 5.41) is 23.5. The molecule has 0 saturated carbocycles. The summed E-state index contributed by atoms with van der Waals surface area (Å²) in [5.41, 5.74) is 6.96. The Hall–Kier alpha value is -4.18. The van der Waals surface area contributed by atoms with Crippen LogP contribution in [-0.2, 0) is 20.9 Å². The van der Waals surface area contributed by atoms with Gasteiger partial charge in [-0.25, -0.2) is 0 Å². The van der Waals surface area contributed by atoms with Crippen LogP contribution in [0.1, 0.15) is 34.8 Å². The molecule has 0 unspecified atom stereocenters. The number of aliphatic carboxylic acids is 1. The number of rotatable bonds is 13. The number of carboxylic acid groups (broad SMARTS) is 1. The quantitative estimate of drug-likeness (QED) is 0.133. The molecule has 1 aromatic heterocycles. The first kappa shape index (κ1) is 27.4. The van der Waals surface area contributed by atoms with Crippen LogP contribution >= 0.6 is 11.3 Å². The van der Waals surface area contributed by atoms with Gasteiger partial charge in [-0.15, -0.1) is 11.3 Å². The third-order valence-electron chi connectivity index (χ3n) is 5.76. The molecule has 194 valence electrons. The zero-order valence-electron chi connectivity index (χ0n) is 20.3. The van der Waals surface area contributed by atoms with Gasteiger partial charge in [-0.3, -0.25) is 19.8 Å². The highest BCUT2D eigenvalue weighted by Gasteiger charge is 2.35. The van der Waals surface area contributed by atoms with E-state index in [1.54, 1.807) is 4.90 Å². The summed E-state index contributed by atoms with van der Waals surface area (Å²) in [6.45, 7) is -0.0271. The van der Waals surface area contributed by atoms with Crippen LogP contribution in [0.4, 0.5) is 0 Å². The van der Waals surface area contributed by atoms with Crippen molar-refractivity contribution in [1.82, 2.24) is 15.5 Å². The van der Waals surface area contributed by atoms with Crippen molar-refractivity contribution in [3.63, 3.8) is 0 Å². The smallest absolute Gasteiger partial charge is 0.322 e. The number of carbonyl (C=O) groups excluding carboxylic acids is 2. The number of thiophene rings is 1. The van der Waals surface area contributed by atoms with Gasteiger partial charge in [0.1, 0.15) is 12.6 Å². The van der Waals surface area contributed by atoms with Crippen LogP contribution in [0.2, 0.25) is 0 Å². The predicted molar refractivity (Wildman–Crippen MR) is 143 cm³/mol. The van der Waals surface area contributed by atoms with Crippen molar-refractivity contribution < 1.29 is 19.5 Å². The van der Waals surface area contributed by atoms with E-state index in [0.717, 1.165) is 16.0 Å². The van der Waals surface area contributed by atoms with Crippen molar-refractivity contribution in [2.45, 2.75) is 31.3 Å². The second-order valence-corrected chi connectivity index (χ2v) is 9.44. The fourth-order valence-corrected chi connectivity index (χ4v) is 4.78. The summed E-state index contributed by atoms with van der Waals surface area (Å²) in [6.07, 6.45) is 0.680. The highest BCUT2D eigenvalue weighted by molar-refractivity contribution is 7.09. The van der Waals surface area contributed by atoms with Gasteiger partial charge in [0.2, 0.25) is 11.8 Å². The normalized spacial score (nSPS) is 11.5. The zero-order valence-corrected chi connectivity index (χ0v) is 21.1. The van der Waals surface area contributed by atoms with E-state index in [9.17, 15) is 14.4 Å². The largest absolute Gasteiger partial charge is 0.480 e. The van der Waals surface area contributed by atoms with Gasteiger partial charge in [0.15, 0.2) is 5.96 Å². The molecule has 0 saturated heterocycles. The predicted octanol–water partition coefficient (Wildman–Crippen LogP) is 2.74. The van der Waals surface area contributed by atoms with E-state index in [4.69, 9.17) is 16.2 Å². The van der Waals surface area contributed by atoms with Crippen molar-refractivity contribution in [2.75, 3.05) is 13.1 Å². The summed E-state index contributed by atoms with van der Waals surface area (Å²) in [4.78, 5) is 41.3. The number of hydrogen-bond donors (Lipinski definition) is 5. The van der Waals surface area contributed by atoms with Crippen molar-refractivity contribution in [3.05, 3.63) is 94.2 Å². The first-order chi connectivity index (χ1) is 17.9. The first-order valence-corrected chi connectivity index (χ1v) is 12.7. The molecule has 0 aliphatic rings. The lowest BCUT2D eigenvalue weighted by molar-refractivity contribution is -0.143. The lowest BCUT2D eigenvalue weighted by Gasteiger charge is -2.34. The number of amides is 2. The second-order valence-electron chi connectivity index (χ2n) is 8.41.